The lowest BCUT2D eigenvalue weighted by molar-refractivity contribution is 0.192. The van der Waals surface area contributed by atoms with Gasteiger partial charge in [0.2, 0.25) is 10.0 Å². The van der Waals surface area contributed by atoms with E-state index in [2.05, 4.69) is 0 Å². The van der Waals surface area contributed by atoms with Crippen molar-refractivity contribution in [2.45, 2.75) is 43.5 Å². The van der Waals surface area contributed by atoms with Crippen LogP contribution in [0.15, 0.2) is 23.1 Å². The monoisotopic (exact) mass is 313 g/mol. The summed E-state index contributed by atoms with van der Waals surface area (Å²) in [4.78, 5) is 0.297. The van der Waals surface area contributed by atoms with E-state index in [1.165, 1.54) is 0 Å². The Morgan fingerprint density at radius 2 is 2.14 bits per heavy atom. The van der Waals surface area contributed by atoms with Crippen molar-refractivity contribution < 1.29 is 18.3 Å². The Labute approximate surface area is 126 Å². The number of hydrogen-bond donors (Lipinski definition) is 1. The molecule has 0 aliphatic carbocycles. The normalized spacial score (nSPS) is 20.4. The summed E-state index contributed by atoms with van der Waals surface area (Å²) in [7, 11) is -1.95. The average Bonchev–Trinajstić information content (AvgIpc) is 2.48. The summed E-state index contributed by atoms with van der Waals surface area (Å²) in [6.07, 6.45) is 3.19. The highest BCUT2D eigenvalue weighted by atomic mass is 32.2. The fourth-order valence-electron chi connectivity index (χ4n) is 2.87. The quantitative estimate of drug-likeness (QED) is 0.902. The van der Waals surface area contributed by atoms with E-state index in [4.69, 9.17) is 9.84 Å². The van der Waals surface area contributed by atoms with Crippen LogP contribution >= 0.6 is 0 Å². The molecule has 1 aliphatic heterocycles. The van der Waals surface area contributed by atoms with Crippen molar-refractivity contribution in [3.63, 3.8) is 0 Å². The van der Waals surface area contributed by atoms with Crippen LogP contribution in [-0.2, 0) is 10.0 Å². The zero-order chi connectivity index (χ0) is 15.5. The molecule has 1 fully saturated rings. The van der Waals surface area contributed by atoms with Gasteiger partial charge >= 0.3 is 0 Å². The first-order valence-corrected chi connectivity index (χ1v) is 8.72. The van der Waals surface area contributed by atoms with Gasteiger partial charge in [-0.05, 0) is 49.9 Å². The Morgan fingerprint density at radius 3 is 2.76 bits per heavy atom. The van der Waals surface area contributed by atoms with Gasteiger partial charge in [0.05, 0.1) is 12.0 Å². The standard InChI is InChI=1S/C15H23NO4S/c1-12-11-14(6-7-15(12)20-2)21(18,19)16-9-4-3-5-13(16)8-10-17/h6-7,11,13,17H,3-5,8-10H2,1-2H3. The van der Waals surface area contributed by atoms with Crippen LogP contribution in [0.3, 0.4) is 0 Å². The summed E-state index contributed by atoms with van der Waals surface area (Å²) in [5, 5.41) is 9.15. The van der Waals surface area contributed by atoms with E-state index < -0.39 is 10.0 Å². The number of rotatable bonds is 5. The molecule has 118 valence electrons. The summed E-state index contributed by atoms with van der Waals surface area (Å²) in [6.45, 7) is 2.37. The van der Waals surface area contributed by atoms with Crippen molar-refractivity contribution in [1.29, 1.82) is 0 Å². The molecule has 1 aliphatic rings. The number of methoxy groups -OCH3 is 1. The Morgan fingerprint density at radius 1 is 1.38 bits per heavy atom. The number of nitrogens with zero attached hydrogens (tertiary/aromatic N) is 1. The highest BCUT2D eigenvalue weighted by molar-refractivity contribution is 7.89. The molecule has 1 N–H and O–H groups in total. The second kappa shape index (κ2) is 6.77. The number of piperidine rings is 1. The Balaban J connectivity index is 2.33. The van der Waals surface area contributed by atoms with E-state index in [0.29, 0.717) is 23.6 Å². The minimum atomic E-state index is -3.51. The molecular weight excluding hydrogens is 290 g/mol. The number of benzene rings is 1. The minimum absolute atomic E-state index is 0.0122. The van der Waals surface area contributed by atoms with Crippen LogP contribution in [0.2, 0.25) is 0 Å². The van der Waals surface area contributed by atoms with Gasteiger partial charge in [0.25, 0.3) is 0 Å². The van der Waals surface area contributed by atoms with Crippen molar-refractivity contribution in [2.75, 3.05) is 20.3 Å². The number of aliphatic hydroxyl groups excluding tert-OH is 1. The average molecular weight is 313 g/mol. The zero-order valence-corrected chi connectivity index (χ0v) is 13.4. The first-order valence-electron chi connectivity index (χ1n) is 7.28. The van der Waals surface area contributed by atoms with Crippen LogP contribution in [0.25, 0.3) is 0 Å². The minimum Gasteiger partial charge on any atom is -0.496 e. The van der Waals surface area contributed by atoms with Gasteiger partial charge < -0.3 is 9.84 Å². The topological polar surface area (TPSA) is 66.8 Å². The lowest BCUT2D eigenvalue weighted by atomic mass is 10.0. The van der Waals surface area contributed by atoms with E-state index in [9.17, 15) is 8.42 Å². The smallest absolute Gasteiger partial charge is 0.243 e. The van der Waals surface area contributed by atoms with Crippen LogP contribution in [0, 0.1) is 6.92 Å². The second-order valence-electron chi connectivity index (χ2n) is 5.41. The van der Waals surface area contributed by atoms with Gasteiger partial charge in [-0.3, -0.25) is 0 Å². The predicted octanol–water partition coefficient (Wildman–Crippen LogP) is 1.93. The van der Waals surface area contributed by atoms with Crippen molar-refractivity contribution in [3.8, 4) is 5.75 Å². The van der Waals surface area contributed by atoms with Gasteiger partial charge in [-0.1, -0.05) is 6.42 Å². The molecule has 1 unspecified atom stereocenters. The first-order chi connectivity index (χ1) is 10.0. The van der Waals surface area contributed by atoms with Gasteiger partial charge in [-0.15, -0.1) is 0 Å². The Kier molecular flexibility index (Phi) is 5.24. The SMILES string of the molecule is COc1ccc(S(=O)(=O)N2CCCCC2CCO)cc1C. The lowest BCUT2D eigenvalue weighted by Gasteiger charge is -2.34. The Hall–Kier alpha value is -1.11. The maximum absolute atomic E-state index is 12.8. The molecule has 0 saturated carbocycles. The highest BCUT2D eigenvalue weighted by Gasteiger charge is 2.33. The van der Waals surface area contributed by atoms with Crippen molar-refractivity contribution in [1.82, 2.24) is 4.31 Å². The van der Waals surface area contributed by atoms with Crippen molar-refractivity contribution in [2.24, 2.45) is 0 Å². The second-order valence-corrected chi connectivity index (χ2v) is 7.30. The van der Waals surface area contributed by atoms with E-state index in [1.54, 1.807) is 29.6 Å². The van der Waals surface area contributed by atoms with Gasteiger partial charge in [-0.2, -0.15) is 4.31 Å². The molecule has 1 aromatic rings. The summed E-state index contributed by atoms with van der Waals surface area (Å²) in [5.74, 6) is 0.680. The van der Waals surface area contributed by atoms with Crippen LogP contribution in [0.1, 0.15) is 31.2 Å². The van der Waals surface area contributed by atoms with Crippen LogP contribution in [-0.4, -0.2) is 44.1 Å². The molecule has 0 bridgehead atoms. The Bertz CT molecular complexity index is 583. The molecule has 2 rings (SSSR count). The van der Waals surface area contributed by atoms with Crippen molar-refractivity contribution >= 4 is 10.0 Å². The van der Waals surface area contributed by atoms with Gasteiger partial charge in [0.15, 0.2) is 0 Å². The lowest BCUT2D eigenvalue weighted by Crippen LogP contribution is -2.44. The van der Waals surface area contributed by atoms with Crippen LogP contribution in [0.4, 0.5) is 0 Å². The molecular formula is C15H23NO4S. The molecule has 5 nitrogen and oxygen atoms in total. The number of hydrogen-bond acceptors (Lipinski definition) is 4. The van der Waals surface area contributed by atoms with E-state index >= 15 is 0 Å². The zero-order valence-electron chi connectivity index (χ0n) is 12.6. The maximum Gasteiger partial charge on any atom is 0.243 e. The number of ether oxygens (including phenoxy) is 1. The van der Waals surface area contributed by atoms with E-state index in [1.807, 2.05) is 6.92 Å². The fraction of sp³-hybridized carbons (Fsp3) is 0.600. The van der Waals surface area contributed by atoms with Crippen molar-refractivity contribution in [3.05, 3.63) is 23.8 Å². The van der Waals surface area contributed by atoms with Crippen LogP contribution in [0.5, 0.6) is 5.75 Å². The molecule has 1 saturated heterocycles. The third-order valence-corrected chi connectivity index (χ3v) is 5.96. The third kappa shape index (κ3) is 3.39. The third-order valence-electron chi connectivity index (χ3n) is 4.01. The molecule has 21 heavy (non-hydrogen) atoms. The predicted molar refractivity (Wildman–Crippen MR) is 81.0 cm³/mol. The largest absolute Gasteiger partial charge is 0.496 e. The maximum atomic E-state index is 12.8. The number of aliphatic hydroxyl groups is 1. The highest BCUT2D eigenvalue weighted by Crippen LogP contribution is 2.29. The first kappa shape index (κ1) is 16.3. The molecule has 0 spiro atoms. The molecule has 0 aromatic heterocycles. The van der Waals surface area contributed by atoms with Gasteiger partial charge in [0, 0.05) is 19.2 Å². The summed E-state index contributed by atoms with van der Waals surface area (Å²) < 4.78 is 32.4. The molecule has 6 heteroatoms. The van der Waals surface area contributed by atoms with E-state index in [-0.39, 0.29) is 12.6 Å². The van der Waals surface area contributed by atoms with Crippen LogP contribution < -0.4 is 4.74 Å². The number of sulfonamides is 1. The molecule has 0 radical (unpaired) electrons. The van der Waals surface area contributed by atoms with Gasteiger partial charge in [0.1, 0.15) is 5.75 Å². The molecule has 0 amide bonds. The molecule has 1 aromatic carbocycles. The van der Waals surface area contributed by atoms with Gasteiger partial charge in [-0.25, -0.2) is 8.42 Å². The van der Waals surface area contributed by atoms with E-state index in [0.717, 1.165) is 24.8 Å². The number of aryl methyl sites for hydroxylation is 1. The summed E-state index contributed by atoms with van der Waals surface area (Å²) >= 11 is 0. The summed E-state index contributed by atoms with van der Waals surface area (Å²) in [5.41, 5.74) is 0.800. The fourth-order valence-corrected chi connectivity index (χ4v) is 4.68. The molecule has 1 atom stereocenters. The molecule has 1 heterocycles. The summed E-state index contributed by atoms with van der Waals surface area (Å²) in [6, 6.07) is 4.83.